The summed E-state index contributed by atoms with van der Waals surface area (Å²) >= 11 is 0. The monoisotopic (exact) mass is 265 g/mol. The summed E-state index contributed by atoms with van der Waals surface area (Å²) in [4.78, 5) is 30.5. The van der Waals surface area contributed by atoms with Gasteiger partial charge in [-0.2, -0.15) is 0 Å². The maximum Gasteiger partial charge on any atom is 0.257 e. The molecule has 1 N–H and O–H groups in total. The van der Waals surface area contributed by atoms with Crippen LogP contribution >= 0.6 is 0 Å². The lowest BCUT2D eigenvalue weighted by Gasteiger charge is -2.17. The molecule has 1 aliphatic rings. The van der Waals surface area contributed by atoms with E-state index in [4.69, 9.17) is 4.74 Å². The van der Waals surface area contributed by atoms with Crippen LogP contribution in [0.25, 0.3) is 0 Å². The van der Waals surface area contributed by atoms with E-state index in [0.717, 1.165) is 0 Å². The number of ether oxygens (including phenoxy) is 1. The molecule has 1 aromatic rings. The van der Waals surface area contributed by atoms with Crippen LogP contribution < -0.4 is 0 Å². The molecule has 1 aromatic heterocycles. The maximum absolute atomic E-state index is 12.1. The van der Waals surface area contributed by atoms with Crippen molar-refractivity contribution < 1.29 is 19.4 Å². The van der Waals surface area contributed by atoms with Crippen LogP contribution in [0.4, 0.5) is 0 Å². The van der Waals surface area contributed by atoms with E-state index >= 15 is 0 Å². The average molecular weight is 265 g/mol. The molecule has 1 saturated heterocycles. The summed E-state index contributed by atoms with van der Waals surface area (Å²) in [5.74, 6) is -0.511. The molecule has 0 spiro atoms. The first-order chi connectivity index (χ1) is 9.11. The standard InChI is InChI=1S/C12H15N3O4/c1-19-3-2-14-8-15(7-11(14)17)12(18)9-4-10(16)6-13-5-9/h4-6,16H,2-3,7-8H2,1H3. The number of methoxy groups -OCH3 is 1. The van der Waals surface area contributed by atoms with Crippen LogP contribution in [0.1, 0.15) is 10.4 Å². The molecule has 0 unspecified atom stereocenters. The Bertz CT molecular complexity index is 492. The Labute approximate surface area is 110 Å². The Hall–Kier alpha value is -2.15. The molecule has 0 bridgehead atoms. The second kappa shape index (κ2) is 5.66. The summed E-state index contributed by atoms with van der Waals surface area (Å²) in [7, 11) is 1.56. The molecule has 19 heavy (non-hydrogen) atoms. The van der Waals surface area contributed by atoms with Crippen molar-refractivity contribution >= 4 is 11.8 Å². The number of aromatic nitrogens is 1. The first-order valence-corrected chi connectivity index (χ1v) is 5.82. The summed E-state index contributed by atoms with van der Waals surface area (Å²) in [5, 5.41) is 9.30. The number of nitrogens with zero attached hydrogens (tertiary/aromatic N) is 3. The zero-order chi connectivity index (χ0) is 13.8. The topological polar surface area (TPSA) is 83.0 Å². The molecular weight excluding hydrogens is 250 g/mol. The Morgan fingerprint density at radius 3 is 3.00 bits per heavy atom. The molecule has 2 rings (SSSR count). The zero-order valence-electron chi connectivity index (χ0n) is 10.6. The first-order valence-electron chi connectivity index (χ1n) is 5.82. The van der Waals surface area contributed by atoms with Gasteiger partial charge in [0, 0.05) is 19.9 Å². The van der Waals surface area contributed by atoms with Crippen molar-refractivity contribution in [3.05, 3.63) is 24.0 Å². The van der Waals surface area contributed by atoms with Gasteiger partial charge in [-0.25, -0.2) is 0 Å². The van der Waals surface area contributed by atoms with Gasteiger partial charge in [0.2, 0.25) is 5.91 Å². The molecule has 7 heteroatoms. The third-order valence-corrected chi connectivity index (χ3v) is 2.84. The van der Waals surface area contributed by atoms with Crippen molar-refractivity contribution in [1.82, 2.24) is 14.8 Å². The normalized spacial score (nSPS) is 15.1. The fraction of sp³-hybridized carbons (Fsp3) is 0.417. The van der Waals surface area contributed by atoms with Crippen molar-refractivity contribution in [2.45, 2.75) is 0 Å². The van der Waals surface area contributed by atoms with Crippen molar-refractivity contribution in [1.29, 1.82) is 0 Å². The summed E-state index contributed by atoms with van der Waals surface area (Å²) in [6.45, 7) is 1.16. The highest BCUT2D eigenvalue weighted by Crippen LogP contribution is 2.14. The predicted octanol–water partition coefficient (Wildman–Crippen LogP) is -0.325. The van der Waals surface area contributed by atoms with E-state index in [2.05, 4.69) is 4.98 Å². The third-order valence-electron chi connectivity index (χ3n) is 2.84. The van der Waals surface area contributed by atoms with E-state index in [0.29, 0.717) is 13.2 Å². The highest BCUT2D eigenvalue weighted by atomic mass is 16.5. The molecular formula is C12H15N3O4. The molecule has 2 heterocycles. The SMILES string of the molecule is COCCN1CN(C(=O)c2cncc(O)c2)CC1=O. The Morgan fingerprint density at radius 2 is 2.32 bits per heavy atom. The lowest BCUT2D eigenvalue weighted by atomic mass is 10.2. The highest BCUT2D eigenvalue weighted by molar-refractivity contribution is 5.98. The third kappa shape index (κ3) is 3.00. The molecule has 7 nitrogen and oxygen atoms in total. The molecule has 0 saturated carbocycles. The maximum atomic E-state index is 12.1. The quantitative estimate of drug-likeness (QED) is 0.806. The fourth-order valence-electron chi connectivity index (χ4n) is 1.86. The molecule has 1 aliphatic heterocycles. The number of amides is 2. The van der Waals surface area contributed by atoms with E-state index in [1.807, 2.05) is 0 Å². The fourth-order valence-corrected chi connectivity index (χ4v) is 1.86. The molecule has 0 aromatic carbocycles. The second-order valence-corrected chi connectivity index (χ2v) is 4.23. The number of carbonyl (C=O) groups excluding carboxylic acids is 2. The van der Waals surface area contributed by atoms with Crippen molar-refractivity contribution in [3.63, 3.8) is 0 Å². The largest absolute Gasteiger partial charge is 0.506 e. The van der Waals surface area contributed by atoms with Crippen molar-refractivity contribution in [2.24, 2.45) is 0 Å². The van der Waals surface area contributed by atoms with Crippen LogP contribution in [0.15, 0.2) is 18.5 Å². The number of hydrogen-bond acceptors (Lipinski definition) is 5. The smallest absolute Gasteiger partial charge is 0.257 e. The molecule has 0 radical (unpaired) electrons. The Morgan fingerprint density at radius 1 is 1.53 bits per heavy atom. The number of rotatable bonds is 4. The first kappa shape index (κ1) is 13.3. The van der Waals surface area contributed by atoms with Crippen molar-refractivity contribution in [2.75, 3.05) is 33.5 Å². The summed E-state index contributed by atoms with van der Waals surface area (Å²) in [6.07, 6.45) is 2.61. The van der Waals surface area contributed by atoms with Crippen LogP contribution in [-0.4, -0.2) is 65.2 Å². The minimum Gasteiger partial charge on any atom is -0.506 e. The van der Waals surface area contributed by atoms with Crippen LogP contribution in [0.3, 0.4) is 0 Å². The molecule has 0 aliphatic carbocycles. The van der Waals surface area contributed by atoms with E-state index < -0.39 is 0 Å². The predicted molar refractivity (Wildman–Crippen MR) is 65.4 cm³/mol. The van der Waals surface area contributed by atoms with Gasteiger partial charge >= 0.3 is 0 Å². The van der Waals surface area contributed by atoms with E-state index in [1.165, 1.54) is 23.4 Å². The van der Waals surface area contributed by atoms with Gasteiger partial charge in [-0.15, -0.1) is 0 Å². The Kier molecular flexibility index (Phi) is 3.96. The van der Waals surface area contributed by atoms with E-state index in [-0.39, 0.29) is 36.3 Å². The number of hydrogen-bond donors (Lipinski definition) is 1. The molecule has 102 valence electrons. The van der Waals surface area contributed by atoms with Crippen LogP contribution in [0.5, 0.6) is 5.75 Å². The van der Waals surface area contributed by atoms with Gasteiger partial charge in [0.1, 0.15) is 12.3 Å². The minimum atomic E-state index is -0.323. The Balaban J connectivity index is 2.03. The highest BCUT2D eigenvalue weighted by Gasteiger charge is 2.31. The number of aromatic hydroxyl groups is 1. The zero-order valence-corrected chi connectivity index (χ0v) is 10.6. The van der Waals surface area contributed by atoms with Gasteiger partial charge in [0.15, 0.2) is 0 Å². The lowest BCUT2D eigenvalue weighted by Crippen LogP contribution is -2.32. The van der Waals surface area contributed by atoms with Crippen LogP contribution in [0.2, 0.25) is 0 Å². The van der Waals surface area contributed by atoms with Crippen molar-refractivity contribution in [3.8, 4) is 5.75 Å². The van der Waals surface area contributed by atoms with Crippen LogP contribution in [-0.2, 0) is 9.53 Å². The molecule has 1 fully saturated rings. The second-order valence-electron chi connectivity index (χ2n) is 4.23. The van der Waals surface area contributed by atoms with Crippen LogP contribution in [0, 0.1) is 0 Å². The summed E-state index contributed by atoms with van der Waals surface area (Å²) in [5.41, 5.74) is 0.265. The van der Waals surface area contributed by atoms with Gasteiger partial charge in [-0.1, -0.05) is 0 Å². The number of carbonyl (C=O) groups is 2. The van der Waals surface area contributed by atoms with E-state index in [9.17, 15) is 14.7 Å². The lowest BCUT2D eigenvalue weighted by molar-refractivity contribution is -0.127. The van der Waals surface area contributed by atoms with Gasteiger partial charge < -0.3 is 19.6 Å². The summed E-state index contributed by atoms with van der Waals surface area (Å²) < 4.78 is 4.91. The van der Waals surface area contributed by atoms with Gasteiger partial charge in [-0.3, -0.25) is 14.6 Å². The minimum absolute atomic E-state index is 0.0399. The average Bonchev–Trinajstić information content (AvgIpc) is 2.77. The van der Waals surface area contributed by atoms with Gasteiger partial charge in [0.05, 0.1) is 25.0 Å². The molecule has 2 amide bonds. The van der Waals surface area contributed by atoms with Gasteiger partial charge in [0.25, 0.3) is 5.91 Å². The van der Waals surface area contributed by atoms with Gasteiger partial charge in [-0.05, 0) is 6.07 Å². The molecule has 0 atom stereocenters. The van der Waals surface area contributed by atoms with E-state index in [1.54, 1.807) is 12.0 Å². The number of pyridine rings is 1. The summed E-state index contributed by atoms with van der Waals surface area (Å²) in [6, 6.07) is 1.33.